The number of fused-ring (bicyclic) bond motifs is 1. The predicted molar refractivity (Wildman–Crippen MR) is 93.4 cm³/mol. The number of hydrogen-bond donors (Lipinski definition) is 2. The van der Waals surface area contributed by atoms with Gasteiger partial charge in [-0.05, 0) is 12.1 Å². The quantitative estimate of drug-likeness (QED) is 0.561. The number of nitrogens with two attached hydrogens (primary N) is 2. The Morgan fingerprint density at radius 1 is 0.750 bits per heavy atom. The molecule has 0 saturated carbocycles. The van der Waals surface area contributed by atoms with Crippen LogP contribution in [0.15, 0.2) is 72.8 Å². The third-order valence-electron chi connectivity index (χ3n) is 4.46. The minimum atomic E-state index is -1.09. The molecule has 1 heterocycles. The minimum Gasteiger partial charge on any atom is -0.440 e. The first-order valence-corrected chi connectivity index (χ1v) is 7.67. The van der Waals surface area contributed by atoms with Gasteiger partial charge in [0.15, 0.2) is 5.60 Å². The highest BCUT2D eigenvalue weighted by atomic mass is 16.6. The van der Waals surface area contributed by atoms with Crippen molar-refractivity contribution >= 4 is 17.3 Å². The van der Waals surface area contributed by atoms with Gasteiger partial charge in [-0.2, -0.15) is 0 Å². The number of hydrogen-bond acceptors (Lipinski definition) is 4. The second-order valence-electron chi connectivity index (χ2n) is 5.79. The van der Waals surface area contributed by atoms with Crippen LogP contribution in [0.3, 0.4) is 0 Å². The molecule has 24 heavy (non-hydrogen) atoms. The zero-order valence-electron chi connectivity index (χ0n) is 12.9. The first-order chi connectivity index (χ1) is 11.6. The molecule has 4 rings (SSSR count). The van der Waals surface area contributed by atoms with Gasteiger partial charge in [0.25, 0.3) is 0 Å². The summed E-state index contributed by atoms with van der Waals surface area (Å²) < 4.78 is 5.95. The summed E-state index contributed by atoms with van der Waals surface area (Å²) in [4.78, 5) is 12.6. The fraction of sp³-hybridized carbons (Fsp3) is 0.0500. The van der Waals surface area contributed by atoms with Gasteiger partial charge in [0.2, 0.25) is 0 Å². The van der Waals surface area contributed by atoms with Crippen LogP contribution in [0.2, 0.25) is 0 Å². The molecule has 0 saturated heterocycles. The van der Waals surface area contributed by atoms with E-state index >= 15 is 0 Å². The second kappa shape index (κ2) is 5.13. The molecule has 118 valence electrons. The zero-order valence-corrected chi connectivity index (χ0v) is 12.9. The van der Waals surface area contributed by atoms with E-state index in [9.17, 15) is 4.79 Å². The van der Waals surface area contributed by atoms with Crippen LogP contribution in [-0.4, -0.2) is 5.97 Å². The van der Waals surface area contributed by atoms with E-state index in [1.807, 2.05) is 60.7 Å². The molecule has 1 aliphatic heterocycles. The molecule has 0 radical (unpaired) electrons. The van der Waals surface area contributed by atoms with Crippen LogP contribution < -0.4 is 11.5 Å². The Morgan fingerprint density at radius 2 is 1.29 bits per heavy atom. The second-order valence-corrected chi connectivity index (χ2v) is 5.79. The van der Waals surface area contributed by atoms with Crippen molar-refractivity contribution in [3.63, 3.8) is 0 Å². The minimum absolute atomic E-state index is 0.381. The number of esters is 1. The standard InChI is InChI=1S/C20H16N2O2/c21-16-12-11-15-17(18(16)22)20(24-19(15)23,13-7-3-1-4-8-13)14-9-5-2-6-10-14/h1-12H,21-22H2. The predicted octanol–water partition coefficient (Wildman–Crippen LogP) is 3.31. The summed E-state index contributed by atoms with van der Waals surface area (Å²) in [5.41, 5.74) is 14.8. The number of anilines is 2. The van der Waals surface area contributed by atoms with Crippen molar-refractivity contribution in [1.82, 2.24) is 0 Å². The average Bonchev–Trinajstić information content (AvgIpc) is 2.94. The van der Waals surface area contributed by atoms with Crippen LogP contribution in [0.4, 0.5) is 11.4 Å². The van der Waals surface area contributed by atoms with Crippen LogP contribution in [0.5, 0.6) is 0 Å². The van der Waals surface area contributed by atoms with E-state index in [4.69, 9.17) is 16.2 Å². The van der Waals surface area contributed by atoms with Gasteiger partial charge in [-0.15, -0.1) is 0 Å². The lowest BCUT2D eigenvalue weighted by molar-refractivity contribution is 0.0253. The lowest BCUT2D eigenvalue weighted by Gasteiger charge is -2.31. The first-order valence-electron chi connectivity index (χ1n) is 7.67. The van der Waals surface area contributed by atoms with E-state index in [-0.39, 0.29) is 0 Å². The van der Waals surface area contributed by atoms with Gasteiger partial charge >= 0.3 is 5.97 Å². The maximum atomic E-state index is 12.6. The largest absolute Gasteiger partial charge is 0.440 e. The molecule has 0 fully saturated rings. The van der Waals surface area contributed by atoms with Crippen LogP contribution in [-0.2, 0) is 10.3 Å². The molecule has 3 aromatic carbocycles. The summed E-state index contributed by atoms with van der Waals surface area (Å²) in [6.07, 6.45) is 0. The van der Waals surface area contributed by atoms with Crippen molar-refractivity contribution in [2.45, 2.75) is 5.60 Å². The number of rotatable bonds is 2. The summed E-state index contributed by atoms with van der Waals surface area (Å²) in [5.74, 6) is -0.399. The normalized spacial score (nSPS) is 14.9. The Morgan fingerprint density at radius 3 is 1.83 bits per heavy atom. The molecule has 0 bridgehead atoms. The third-order valence-corrected chi connectivity index (χ3v) is 4.46. The van der Waals surface area contributed by atoms with Crippen molar-refractivity contribution in [3.05, 3.63) is 95.1 Å². The highest BCUT2D eigenvalue weighted by Crippen LogP contribution is 2.50. The van der Waals surface area contributed by atoms with E-state index in [2.05, 4.69) is 0 Å². The highest BCUT2D eigenvalue weighted by molar-refractivity contribution is 6.00. The molecule has 0 spiro atoms. The number of cyclic esters (lactones) is 1. The summed E-state index contributed by atoms with van der Waals surface area (Å²) in [6, 6.07) is 22.5. The van der Waals surface area contributed by atoms with Crippen LogP contribution in [0.1, 0.15) is 27.0 Å². The maximum absolute atomic E-state index is 12.6. The topological polar surface area (TPSA) is 78.3 Å². The molecule has 0 aromatic heterocycles. The van der Waals surface area contributed by atoms with E-state index < -0.39 is 11.6 Å². The molecule has 0 atom stereocenters. The van der Waals surface area contributed by atoms with Crippen molar-refractivity contribution in [3.8, 4) is 0 Å². The Balaban J connectivity index is 2.13. The van der Waals surface area contributed by atoms with Gasteiger partial charge in [-0.3, -0.25) is 0 Å². The lowest BCUT2D eigenvalue weighted by atomic mass is 9.79. The van der Waals surface area contributed by atoms with Crippen LogP contribution >= 0.6 is 0 Å². The molecular weight excluding hydrogens is 300 g/mol. The number of carbonyl (C=O) groups excluding carboxylic acids is 1. The lowest BCUT2D eigenvalue weighted by Crippen LogP contribution is -2.30. The van der Waals surface area contributed by atoms with Gasteiger partial charge in [0.1, 0.15) is 0 Å². The summed E-state index contributed by atoms with van der Waals surface area (Å²) in [5, 5.41) is 0. The Kier molecular flexibility index (Phi) is 3.06. The van der Waals surface area contributed by atoms with Crippen LogP contribution in [0, 0.1) is 0 Å². The summed E-state index contributed by atoms with van der Waals surface area (Å²) in [6.45, 7) is 0. The smallest absolute Gasteiger partial charge is 0.340 e. The SMILES string of the molecule is Nc1ccc2c(c1N)C(c1ccccc1)(c1ccccc1)OC2=O. The molecule has 4 heteroatoms. The number of benzene rings is 3. The highest BCUT2D eigenvalue weighted by Gasteiger charge is 2.50. The number of nitrogen functional groups attached to an aromatic ring is 2. The van der Waals surface area contributed by atoms with Crippen molar-refractivity contribution in [2.75, 3.05) is 11.5 Å². The van der Waals surface area contributed by atoms with Crippen molar-refractivity contribution in [1.29, 1.82) is 0 Å². The van der Waals surface area contributed by atoms with Crippen molar-refractivity contribution in [2.24, 2.45) is 0 Å². The van der Waals surface area contributed by atoms with Gasteiger partial charge < -0.3 is 16.2 Å². The average molecular weight is 316 g/mol. The molecular formula is C20H16N2O2. The Hall–Kier alpha value is -3.27. The zero-order chi connectivity index (χ0) is 16.7. The van der Waals surface area contributed by atoms with Gasteiger partial charge in [0, 0.05) is 16.7 Å². The number of ether oxygens (including phenoxy) is 1. The van der Waals surface area contributed by atoms with Crippen molar-refractivity contribution < 1.29 is 9.53 Å². The fourth-order valence-electron chi connectivity index (χ4n) is 3.35. The molecule has 1 aliphatic rings. The van der Waals surface area contributed by atoms with Gasteiger partial charge in [0.05, 0.1) is 16.9 Å². The van der Waals surface area contributed by atoms with E-state index in [0.29, 0.717) is 22.5 Å². The maximum Gasteiger partial charge on any atom is 0.340 e. The van der Waals surface area contributed by atoms with Gasteiger partial charge in [-0.1, -0.05) is 60.7 Å². The molecule has 4 nitrogen and oxygen atoms in total. The van der Waals surface area contributed by atoms with E-state index in [0.717, 1.165) is 11.1 Å². The number of carbonyl (C=O) groups is 1. The molecule has 0 unspecified atom stereocenters. The molecule has 0 aliphatic carbocycles. The van der Waals surface area contributed by atoms with Gasteiger partial charge in [-0.25, -0.2) is 4.79 Å². The van der Waals surface area contributed by atoms with E-state index in [1.54, 1.807) is 12.1 Å². The van der Waals surface area contributed by atoms with E-state index in [1.165, 1.54) is 0 Å². The van der Waals surface area contributed by atoms with Crippen LogP contribution in [0.25, 0.3) is 0 Å². The third kappa shape index (κ3) is 1.83. The monoisotopic (exact) mass is 316 g/mol. The fourth-order valence-corrected chi connectivity index (χ4v) is 3.35. The molecule has 3 aromatic rings. The summed E-state index contributed by atoms with van der Waals surface area (Å²) >= 11 is 0. The summed E-state index contributed by atoms with van der Waals surface area (Å²) in [7, 11) is 0. The molecule has 4 N–H and O–H groups in total. The molecule has 0 amide bonds. The first kappa shape index (κ1) is 14.3. The Bertz CT molecular complexity index is 882. The Labute approximate surface area is 139 Å².